The highest BCUT2D eigenvalue weighted by Crippen LogP contribution is 2.52. The Balaban J connectivity index is 1.87. The van der Waals surface area contributed by atoms with Crippen molar-refractivity contribution in [3.8, 4) is 0 Å². The van der Waals surface area contributed by atoms with E-state index < -0.39 is 5.60 Å². The molecule has 1 aliphatic carbocycles. The number of halogens is 2. The first-order valence-electron chi connectivity index (χ1n) is 7.82. The lowest BCUT2D eigenvalue weighted by Gasteiger charge is -2.42. The zero-order valence-corrected chi connectivity index (χ0v) is 13.9. The normalized spacial score (nSPS) is 30.7. The van der Waals surface area contributed by atoms with Gasteiger partial charge < -0.3 is 5.11 Å². The minimum atomic E-state index is -0.975. The van der Waals surface area contributed by atoms with Crippen LogP contribution >= 0.6 is 11.6 Å². The number of alkyl halides is 1. The summed E-state index contributed by atoms with van der Waals surface area (Å²) in [5, 5.41) is 15.6. The van der Waals surface area contributed by atoms with E-state index in [2.05, 4.69) is 10.1 Å². The summed E-state index contributed by atoms with van der Waals surface area (Å²) < 4.78 is 14.8. The van der Waals surface area contributed by atoms with Gasteiger partial charge in [-0.25, -0.2) is 9.37 Å². The second-order valence-electron chi connectivity index (χ2n) is 6.78. The van der Waals surface area contributed by atoms with Gasteiger partial charge in [0.15, 0.2) is 0 Å². The molecule has 1 saturated carbocycles. The van der Waals surface area contributed by atoms with E-state index in [1.54, 1.807) is 23.1 Å². The Bertz CT molecular complexity index is 648. The van der Waals surface area contributed by atoms with E-state index >= 15 is 0 Å². The second-order valence-corrected chi connectivity index (χ2v) is 7.05. The molecule has 1 fully saturated rings. The van der Waals surface area contributed by atoms with Gasteiger partial charge in [-0.3, -0.25) is 4.68 Å². The SMILES string of the molecule is C[C@]1(CCl)CC[C@@H](Cc2ccc(F)cc2)[C@]1(O)Cn1cncn1. The molecule has 0 saturated heterocycles. The maximum Gasteiger partial charge on any atom is 0.137 e. The summed E-state index contributed by atoms with van der Waals surface area (Å²) in [6.45, 7) is 2.39. The van der Waals surface area contributed by atoms with Gasteiger partial charge in [0.2, 0.25) is 0 Å². The minimum Gasteiger partial charge on any atom is -0.387 e. The van der Waals surface area contributed by atoms with Crippen molar-refractivity contribution in [2.45, 2.75) is 38.3 Å². The van der Waals surface area contributed by atoms with Crippen LogP contribution in [0.15, 0.2) is 36.9 Å². The average Bonchev–Trinajstić information content (AvgIpc) is 3.12. The third kappa shape index (κ3) is 3.00. The molecule has 3 rings (SSSR count). The van der Waals surface area contributed by atoms with Crippen molar-refractivity contribution in [3.63, 3.8) is 0 Å². The van der Waals surface area contributed by atoms with E-state index in [0.29, 0.717) is 18.8 Å². The molecule has 124 valence electrons. The number of benzene rings is 1. The van der Waals surface area contributed by atoms with Crippen molar-refractivity contribution < 1.29 is 9.50 Å². The Morgan fingerprint density at radius 3 is 2.74 bits per heavy atom. The predicted molar refractivity (Wildman–Crippen MR) is 86.6 cm³/mol. The molecule has 0 unspecified atom stereocenters. The summed E-state index contributed by atoms with van der Waals surface area (Å²) in [5.74, 6) is 0.183. The quantitative estimate of drug-likeness (QED) is 0.853. The molecule has 0 amide bonds. The van der Waals surface area contributed by atoms with Crippen LogP contribution in [0.3, 0.4) is 0 Å². The molecule has 1 N–H and O–H groups in total. The van der Waals surface area contributed by atoms with E-state index in [9.17, 15) is 9.50 Å². The first kappa shape index (κ1) is 16.4. The fourth-order valence-electron chi connectivity index (χ4n) is 3.68. The van der Waals surface area contributed by atoms with Gasteiger partial charge in [-0.15, -0.1) is 11.6 Å². The Morgan fingerprint density at radius 2 is 2.13 bits per heavy atom. The largest absolute Gasteiger partial charge is 0.387 e. The molecule has 6 heteroatoms. The molecule has 1 heterocycles. The van der Waals surface area contributed by atoms with Crippen molar-refractivity contribution in [1.82, 2.24) is 14.8 Å². The summed E-state index contributed by atoms with van der Waals surface area (Å²) >= 11 is 6.21. The van der Waals surface area contributed by atoms with Crippen LogP contribution < -0.4 is 0 Å². The van der Waals surface area contributed by atoms with Gasteiger partial charge in [0.1, 0.15) is 18.5 Å². The summed E-state index contributed by atoms with van der Waals surface area (Å²) in [5.41, 5.74) is -0.338. The topological polar surface area (TPSA) is 50.9 Å². The molecule has 3 atom stereocenters. The van der Waals surface area contributed by atoms with Crippen LogP contribution in [0.1, 0.15) is 25.3 Å². The zero-order chi connectivity index (χ0) is 16.5. The highest BCUT2D eigenvalue weighted by Gasteiger charge is 2.56. The summed E-state index contributed by atoms with van der Waals surface area (Å²) in [4.78, 5) is 3.95. The maximum atomic E-state index is 13.1. The monoisotopic (exact) mass is 337 g/mol. The third-order valence-corrected chi connectivity index (χ3v) is 5.91. The van der Waals surface area contributed by atoms with E-state index in [-0.39, 0.29) is 17.2 Å². The Hall–Kier alpha value is -1.46. The van der Waals surface area contributed by atoms with Gasteiger partial charge in [0.25, 0.3) is 0 Å². The average molecular weight is 338 g/mol. The standard InChI is InChI=1S/C17H21ClFN3O/c1-16(9-18)7-6-14(8-13-2-4-15(19)5-3-13)17(16,23)10-22-12-20-11-21-22/h2-5,11-12,14,23H,6-10H2,1H3/t14-,16+,17+/m0/s1. The number of aromatic nitrogens is 3. The van der Waals surface area contributed by atoms with Crippen LogP contribution in [0, 0.1) is 17.2 Å². The van der Waals surface area contributed by atoms with Gasteiger partial charge in [-0.05, 0) is 42.9 Å². The first-order valence-corrected chi connectivity index (χ1v) is 8.35. The van der Waals surface area contributed by atoms with Crippen molar-refractivity contribution in [2.75, 3.05) is 5.88 Å². The number of hydrogen-bond donors (Lipinski definition) is 1. The molecule has 23 heavy (non-hydrogen) atoms. The lowest BCUT2D eigenvalue weighted by molar-refractivity contribution is -0.0891. The predicted octanol–water partition coefficient (Wildman–Crippen LogP) is 3.05. The lowest BCUT2D eigenvalue weighted by atomic mass is 9.72. The highest BCUT2D eigenvalue weighted by atomic mass is 35.5. The Labute approximate surface area is 140 Å². The summed E-state index contributed by atoms with van der Waals surface area (Å²) in [6, 6.07) is 6.48. The van der Waals surface area contributed by atoms with E-state index in [1.807, 2.05) is 6.92 Å². The molecule has 0 radical (unpaired) electrons. The zero-order valence-electron chi connectivity index (χ0n) is 13.1. The molecule has 0 aliphatic heterocycles. The van der Waals surface area contributed by atoms with Crippen molar-refractivity contribution in [1.29, 1.82) is 0 Å². The van der Waals surface area contributed by atoms with E-state index in [0.717, 1.165) is 18.4 Å². The Kier molecular flexibility index (Phi) is 4.43. The summed E-state index contributed by atoms with van der Waals surface area (Å²) in [6.07, 6.45) is 5.50. The third-order valence-electron chi connectivity index (χ3n) is 5.33. The molecule has 1 aromatic heterocycles. The Morgan fingerprint density at radius 1 is 1.39 bits per heavy atom. The highest BCUT2D eigenvalue weighted by molar-refractivity contribution is 6.18. The van der Waals surface area contributed by atoms with Gasteiger partial charge in [-0.1, -0.05) is 19.1 Å². The molecular formula is C17H21ClFN3O. The molecule has 0 bridgehead atoms. The molecule has 0 spiro atoms. The van der Waals surface area contributed by atoms with Gasteiger partial charge >= 0.3 is 0 Å². The van der Waals surface area contributed by atoms with Crippen molar-refractivity contribution in [2.24, 2.45) is 11.3 Å². The van der Waals surface area contributed by atoms with Gasteiger partial charge in [0, 0.05) is 11.3 Å². The fourth-order valence-corrected chi connectivity index (χ4v) is 4.05. The van der Waals surface area contributed by atoms with Crippen LogP contribution in [0.5, 0.6) is 0 Å². The number of hydrogen-bond acceptors (Lipinski definition) is 3. The van der Waals surface area contributed by atoms with Crippen LogP contribution in [0.25, 0.3) is 0 Å². The van der Waals surface area contributed by atoms with Crippen molar-refractivity contribution in [3.05, 3.63) is 48.3 Å². The number of rotatable bonds is 5. The van der Waals surface area contributed by atoms with Crippen LogP contribution in [-0.4, -0.2) is 31.4 Å². The maximum absolute atomic E-state index is 13.1. The van der Waals surface area contributed by atoms with Crippen LogP contribution in [0.4, 0.5) is 4.39 Å². The van der Waals surface area contributed by atoms with Crippen LogP contribution in [0.2, 0.25) is 0 Å². The first-order chi connectivity index (χ1) is 11.0. The lowest BCUT2D eigenvalue weighted by Crippen LogP contribution is -2.51. The smallest absolute Gasteiger partial charge is 0.137 e. The van der Waals surface area contributed by atoms with Gasteiger partial charge in [0.05, 0.1) is 12.1 Å². The molecule has 4 nitrogen and oxygen atoms in total. The fraction of sp³-hybridized carbons (Fsp3) is 0.529. The van der Waals surface area contributed by atoms with Gasteiger partial charge in [-0.2, -0.15) is 5.10 Å². The van der Waals surface area contributed by atoms with E-state index in [4.69, 9.17) is 11.6 Å². The summed E-state index contributed by atoms with van der Waals surface area (Å²) in [7, 11) is 0. The molecule has 1 aliphatic rings. The number of aliphatic hydroxyl groups is 1. The van der Waals surface area contributed by atoms with Crippen LogP contribution in [-0.2, 0) is 13.0 Å². The molecular weight excluding hydrogens is 317 g/mol. The second kappa shape index (κ2) is 6.21. The minimum absolute atomic E-state index is 0.0425. The van der Waals surface area contributed by atoms with E-state index in [1.165, 1.54) is 18.5 Å². The number of nitrogens with zero attached hydrogens (tertiary/aromatic N) is 3. The van der Waals surface area contributed by atoms with Crippen molar-refractivity contribution >= 4 is 11.6 Å². The molecule has 2 aromatic rings. The molecule has 1 aromatic carbocycles.